The summed E-state index contributed by atoms with van der Waals surface area (Å²) in [7, 11) is -1.51. The van der Waals surface area contributed by atoms with Gasteiger partial charge in [0, 0.05) is 31.9 Å². The molecular weight excluding hydrogens is 250 g/mol. The highest BCUT2D eigenvalue weighted by atomic mass is 32.2. The first kappa shape index (κ1) is 15.2. The van der Waals surface area contributed by atoms with Gasteiger partial charge in [-0.3, -0.25) is 4.68 Å². The van der Waals surface area contributed by atoms with Crippen molar-refractivity contribution < 1.29 is 8.42 Å². The number of aryl methyl sites for hydroxylation is 2. The topological polar surface area (TPSA) is 55.2 Å². The lowest BCUT2D eigenvalue weighted by Crippen LogP contribution is -2.28. The molecule has 0 N–H and O–H groups in total. The molecular formula is C12H23N3O2S. The Morgan fingerprint density at radius 1 is 1.39 bits per heavy atom. The van der Waals surface area contributed by atoms with E-state index in [9.17, 15) is 8.42 Å². The molecule has 1 aromatic heterocycles. The Morgan fingerprint density at radius 2 is 2.06 bits per heavy atom. The average molecular weight is 273 g/mol. The SMILES string of the molecule is CCCCS(=O)(=O)N(C)Cc1cn(CC)nc1C. The summed E-state index contributed by atoms with van der Waals surface area (Å²) in [6, 6.07) is 0. The van der Waals surface area contributed by atoms with Gasteiger partial charge in [-0.05, 0) is 20.3 Å². The van der Waals surface area contributed by atoms with Gasteiger partial charge in [0.25, 0.3) is 0 Å². The van der Waals surface area contributed by atoms with Gasteiger partial charge in [0.1, 0.15) is 0 Å². The molecule has 104 valence electrons. The minimum Gasteiger partial charge on any atom is -0.272 e. The maximum atomic E-state index is 12.0. The summed E-state index contributed by atoms with van der Waals surface area (Å²) in [5.74, 6) is 0.223. The Labute approximate surface area is 110 Å². The minimum absolute atomic E-state index is 0.223. The molecule has 0 saturated carbocycles. The first-order valence-corrected chi connectivity index (χ1v) is 7.98. The smallest absolute Gasteiger partial charge is 0.214 e. The molecule has 0 spiro atoms. The standard InChI is InChI=1S/C12H23N3O2S/c1-5-7-8-18(16,17)14(4)9-12-10-15(6-2)13-11(12)3/h10H,5-9H2,1-4H3. The highest BCUT2D eigenvalue weighted by Gasteiger charge is 2.18. The molecule has 0 atom stereocenters. The first-order chi connectivity index (χ1) is 8.40. The van der Waals surface area contributed by atoms with Crippen LogP contribution >= 0.6 is 0 Å². The number of aromatic nitrogens is 2. The van der Waals surface area contributed by atoms with E-state index in [-0.39, 0.29) is 5.75 Å². The third kappa shape index (κ3) is 3.81. The molecule has 0 aliphatic heterocycles. The third-order valence-corrected chi connectivity index (χ3v) is 4.88. The summed E-state index contributed by atoms with van der Waals surface area (Å²) in [4.78, 5) is 0. The van der Waals surface area contributed by atoms with E-state index in [2.05, 4.69) is 5.10 Å². The van der Waals surface area contributed by atoms with Crippen molar-refractivity contribution in [1.82, 2.24) is 14.1 Å². The molecule has 5 nitrogen and oxygen atoms in total. The fourth-order valence-electron chi connectivity index (χ4n) is 1.70. The van der Waals surface area contributed by atoms with Crippen LogP contribution < -0.4 is 0 Å². The van der Waals surface area contributed by atoms with Crippen LogP contribution in [0.25, 0.3) is 0 Å². The van der Waals surface area contributed by atoms with Crippen LogP contribution in [-0.2, 0) is 23.1 Å². The predicted octanol–water partition coefficient (Wildman–Crippen LogP) is 1.77. The summed E-state index contributed by atoms with van der Waals surface area (Å²) in [5.41, 5.74) is 1.87. The van der Waals surface area contributed by atoms with Gasteiger partial charge in [0.15, 0.2) is 0 Å². The number of sulfonamides is 1. The second-order valence-corrected chi connectivity index (χ2v) is 6.72. The van der Waals surface area contributed by atoms with Gasteiger partial charge in [-0.25, -0.2) is 12.7 Å². The van der Waals surface area contributed by atoms with Gasteiger partial charge in [-0.1, -0.05) is 13.3 Å². The molecule has 18 heavy (non-hydrogen) atoms. The molecule has 0 saturated heterocycles. The molecule has 0 aromatic carbocycles. The molecule has 1 rings (SSSR count). The van der Waals surface area contributed by atoms with E-state index >= 15 is 0 Å². The molecule has 1 aromatic rings. The zero-order valence-electron chi connectivity index (χ0n) is 11.7. The Hall–Kier alpha value is -0.880. The van der Waals surface area contributed by atoms with E-state index in [1.165, 1.54) is 4.31 Å². The summed E-state index contributed by atoms with van der Waals surface area (Å²) in [5, 5.41) is 4.32. The molecule has 1 heterocycles. The zero-order chi connectivity index (χ0) is 13.8. The fraction of sp³-hybridized carbons (Fsp3) is 0.750. The number of hydrogen-bond donors (Lipinski definition) is 0. The van der Waals surface area contributed by atoms with Gasteiger partial charge < -0.3 is 0 Å². The maximum Gasteiger partial charge on any atom is 0.214 e. The molecule has 0 aliphatic rings. The van der Waals surface area contributed by atoms with Gasteiger partial charge >= 0.3 is 0 Å². The van der Waals surface area contributed by atoms with E-state index < -0.39 is 10.0 Å². The number of hydrogen-bond acceptors (Lipinski definition) is 3. The Bertz CT molecular complexity index is 480. The Morgan fingerprint density at radius 3 is 2.56 bits per heavy atom. The van der Waals surface area contributed by atoms with Crippen LogP contribution in [-0.4, -0.2) is 35.3 Å². The van der Waals surface area contributed by atoms with Crippen molar-refractivity contribution in [1.29, 1.82) is 0 Å². The second-order valence-electron chi connectivity index (χ2n) is 4.52. The van der Waals surface area contributed by atoms with Gasteiger partial charge in [0.05, 0.1) is 11.4 Å². The van der Waals surface area contributed by atoms with Gasteiger partial charge in [-0.15, -0.1) is 0 Å². The van der Waals surface area contributed by atoms with E-state index in [0.717, 1.165) is 24.2 Å². The zero-order valence-corrected chi connectivity index (χ0v) is 12.5. The maximum absolute atomic E-state index is 12.0. The molecule has 0 aliphatic carbocycles. The first-order valence-electron chi connectivity index (χ1n) is 6.37. The van der Waals surface area contributed by atoms with E-state index in [0.29, 0.717) is 13.0 Å². The normalized spacial score (nSPS) is 12.3. The van der Waals surface area contributed by atoms with Gasteiger partial charge in [0.2, 0.25) is 10.0 Å². The van der Waals surface area contributed by atoms with Crippen molar-refractivity contribution in [3.63, 3.8) is 0 Å². The van der Waals surface area contributed by atoms with Crippen LogP contribution in [0.4, 0.5) is 0 Å². The van der Waals surface area contributed by atoms with Crippen molar-refractivity contribution in [2.45, 2.75) is 46.7 Å². The number of rotatable bonds is 7. The number of nitrogens with zero attached hydrogens (tertiary/aromatic N) is 3. The van der Waals surface area contributed by atoms with Crippen LogP contribution in [0.2, 0.25) is 0 Å². The monoisotopic (exact) mass is 273 g/mol. The molecule has 0 unspecified atom stereocenters. The van der Waals surface area contributed by atoms with E-state index in [1.807, 2.05) is 31.6 Å². The lowest BCUT2D eigenvalue weighted by atomic mass is 10.3. The van der Waals surface area contributed by atoms with Gasteiger partial charge in [-0.2, -0.15) is 5.10 Å². The molecule has 0 radical (unpaired) electrons. The Balaban J connectivity index is 2.74. The minimum atomic E-state index is -3.14. The lowest BCUT2D eigenvalue weighted by Gasteiger charge is -2.16. The Kier molecular flexibility index (Phi) is 5.34. The summed E-state index contributed by atoms with van der Waals surface area (Å²) < 4.78 is 27.2. The average Bonchev–Trinajstić information content (AvgIpc) is 2.67. The highest BCUT2D eigenvalue weighted by molar-refractivity contribution is 7.89. The molecule has 0 bridgehead atoms. The summed E-state index contributed by atoms with van der Waals surface area (Å²) in [6.45, 7) is 7.11. The van der Waals surface area contributed by atoms with Crippen LogP contribution in [0.15, 0.2) is 6.20 Å². The van der Waals surface area contributed by atoms with Crippen molar-refractivity contribution in [2.24, 2.45) is 0 Å². The fourth-order valence-corrected chi connectivity index (χ4v) is 3.00. The number of unbranched alkanes of at least 4 members (excludes halogenated alkanes) is 1. The largest absolute Gasteiger partial charge is 0.272 e. The second kappa shape index (κ2) is 6.33. The predicted molar refractivity (Wildman–Crippen MR) is 72.8 cm³/mol. The molecule has 6 heteroatoms. The third-order valence-electron chi connectivity index (χ3n) is 3.00. The van der Waals surface area contributed by atoms with Crippen LogP contribution in [0, 0.1) is 6.92 Å². The van der Waals surface area contributed by atoms with Crippen molar-refractivity contribution in [2.75, 3.05) is 12.8 Å². The quantitative estimate of drug-likeness (QED) is 0.761. The van der Waals surface area contributed by atoms with Crippen LogP contribution in [0.3, 0.4) is 0 Å². The van der Waals surface area contributed by atoms with Crippen LogP contribution in [0.1, 0.15) is 37.9 Å². The molecule has 0 fully saturated rings. The van der Waals surface area contributed by atoms with Crippen molar-refractivity contribution in [3.05, 3.63) is 17.5 Å². The van der Waals surface area contributed by atoms with E-state index in [1.54, 1.807) is 7.05 Å². The molecule has 0 amide bonds. The van der Waals surface area contributed by atoms with Crippen molar-refractivity contribution in [3.8, 4) is 0 Å². The van der Waals surface area contributed by atoms with Crippen molar-refractivity contribution >= 4 is 10.0 Å². The highest BCUT2D eigenvalue weighted by Crippen LogP contribution is 2.12. The summed E-state index contributed by atoms with van der Waals surface area (Å²) in [6.07, 6.45) is 3.51. The van der Waals surface area contributed by atoms with E-state index in [4.69, 9.17) is 0 Å². The summed E-state index contributed by atoms with van der Waals surface area (Å²) >= 11 is 0. The lowest BCUT2D eigenvalue weighted by molar-refractivity contribution is 0.464. The van der Waals surface area contributed by atoms with Crippen LogP contribution in [0.5, 0.6) is 0 Å².